The largest absolute Gasteiger partial charge is 0.496 e. The van der Waals surface area contributed by atoms with Gasteiger partial charge in [-0.2, -0.15) is 0 Å². The van der Waals surface area contributed by atoms with Crippen molar-refractivity contribution in [1.82, 2.24) is 0 Å². The van der Waals surface area contributed by atoms with Crippen molar-refractivity contribution >= 4 is 21.8 Å². The molecule has 5 unspecified atom stereocenters. The molecule has 4 aliphatic rings. The second kappa shape index (κ2) is 8.73. The third kappa shape index (κ3) is 4.12. The Hall–Kier alpha value is -2.19. The molecule has 7 atom stereocenters. The van der Waals surface area contributed by atoms with Gasteiger partial charge in [0.1, 0.15) is 17.4 Å². The summed E-state index contributed by atoms with van der Waals surface area (Å²) in [6.07, 6.45) is 8.19. The number of nitrogens with two attached hydrogens (primary N) is 1. The van der Waals surface area contributed by atoms with Gasteiger partial charge in [0.05, 0.1) is 12.0 Å². The molecular weight excluding hydrogens is 466 g/mol. The van der Waals surface area contributed by atoms with Crippen LogP contribution < -0.4 is 9.88 Å². The fourth-order valence-corrected chi connectivity index (χ4v) is 8.49. The fraction of sp³-hybridized carbons (Fsp3) is 0.630. The van der Waals surface area contributed by atoms with Gasteiger partial charge in [-0.15, -0.1) is 0 Å². The predicted molar refractivity (Wildman–Crippen MR) is 130 cm³/mol. The lowest BCUT2D eigenvalue weighted by Crippen LogP contribution is -2.50. The third-order valence-electron chi connectivity index (χ3n) is 9.52. The van der Waals surface area contributed by atoms with E-state index < -0.39 is 16.0 Å². The van der Waals surface area contributed by atoms with Crippen LogP contribution >= 0.6 is 0 Å². The molecule has 0 aliphatic heterocycles. The van der Waals surface area contributed by atoms with Gasteiger partial charge in [0.15, 0.2) is 5.78 Å². The maximum Gasteiger partial charge on any atom is 0.342 e. The van der Waals surface area contributed by atoms with Crippen molar-refractivity contribution in [1.29, 1.82) is 0 Å². The summed E-state index contributed by atoms with van der Waals surface area (Å²) in [5.41, 5.74) is 1.32. The Morgan fingerprint density at radius 1 is 1.17 bits per heavy atom. The Morgan fingerprint density at radius 2 is 1.94 bits per heavy atom. The maximum absolute atomic E-state index is 13.3. The predicted octanol–water partition coefficient (Wildman–Crippen LogP) is 4.26. The molecular formula is C27H35NO6S. The maximum atomic E-state index is 13.3. The van der Waals surface area contributed by atoms with Crippen LogP contribution in [-0.4, -0.2) is 33.4 Å². The Labute approximate surface area is 207 Å². The number of allylic oxidation sites excluding steroid dienone is 1. The first-order valence-corrected chi connectivity index (χ1v) is 14.2. The van der Waals surface area contributed by atoms with E-state index in [0.717, 1.165) is 38.5 Å². The SMILES string of the molecule is COc1ccc(S(N)(=O)=O)cc1C(=O)O[C@H]1CCC2C3C(C)CC4=CC(=O)CCC4C3CC[C@@]21C. The summed E-state index contributed by atoms with van der Waals surface area (Å²) >= 11 is 0. The molecule has 0 heterocycles. The van der Waals surface area contributed by atoms with Crippen molar-refractivity contribution in [2.24, 2.45) is 40.1 Å². The minimum atomic E-state index is -3.96. The second-order valence-corrected chi connectivity index (χ2v) is 12.8. The molecule has 7 nitrogen and oxygen atoms in total. The third-order valence-corrected chi connectivity index (χ3v) is 10.4. The Bertz CT molecular complexity index is 1190. The lowest BCUT2D eigenvalue weighted by molar-refractivity contribution is -0.116. The monoisotopic (exact) mass is 501 g/mol. The van der Waals surface area contributed by atoms with Crippen LogP contribution in [0.3, 0.4) is 0 Å². The number of hydrogen-bond acceptors (Lipinski definition) is 6. The molecule has 3 saturated carbocycles. The van der Waals surface area contributed by atoms with E-state index >= 15 is 0 Å². The van der Waals surface area contributed by atoms with E-state index in [1.807, 2.05) is 6.08 Å². The number of primary sulfonamides is 1. The molecule has 3 fully saturated rings. The standard InChI is InChI=1S/C27H35NO6S/c1-15-12-16-13-17(29)4-6-19(16)20-10-11-27(2)22(25(15)20)7-9-24(27)34-26(30)21-14-18(35(28,31)32)5-8-23(21)33-3/h5,8,13-15,19-20,22,24-25H,4,6-7,9-12H2,1-3H3,(H2,28,31,32)/t15?,19?,20?,22?,24-,25?,27-/m0/s1. The van der Waals surface area contributed by atoms with E-state index in [1.165, 1.54) is 30.9 Å². The van der Waals surface area contributed by atoms with Crippen molar-refractivity contribution in [3.63, 3.8) is 0 Å². The first kappa shape index (κ1) is 24.5. The molecule has 2 N–H and O–H groups in total. The highest BCUT2D eigenvalue weighted by molar-refractivity contribution is 7.89. The number of esters is 1. The number of ether oxygens (including phenoxy) is 2. The van der Waals surface area contributed by atoms with E-state index in [-0.39, 0.29) is 33.5 Å². The van der Waals surface area contributed by atoms with Crippen LogP contribution in [0.5, 0.6) is 5.75 Å². The minimum Gasteiger partial charge on any atom is -0.496 e. The van der Waals surface area contributed by atoms with Gasteiger partial charge < -0.3 is 9.47 Å². The quantitative estimate of drug-likeness (QED) is 0.617. The van der Waals surface area contributed by atoms with Crippen LogP contribution in [0, 0.1) is 35.0 Å². The van der Waals surface area contributed by atoms with Gasteiger partial charge >= 0.3 is 5.97 Å². The molecule has 0 aromatic heterocycles. The molecule has 5 rings (SSSR count). The Balaban J connectivity index is 1.38. The average Bonchev–Trinajstić information content (AvgIpc) is 3.13. The zero-order valence-electron chi connectivity index (χ0n) is 20.7. The number of methoxy groups -OCH3 is 1. The van der Waals surface area contributed by atoms with Gasteiger partial charge in [-0.3, -0.25) is 4.79 Å². The van der Waals surface area contributed by atoms with E-state index in [4.69, 9.17) is 14.6 Å². The molecule has 4 aliphatic carbocycles. The topological polar surface area (TPSA) is 113 Å². The molecule has 1 aromatic carbocycles. The highest BCUT2D eigenvalue weighted by Crippen LogP contribution is 2.63. The number of hydrogen-bond donors (Lipinski definition) is 1. The molecule has 0 saturated heterocycles. The number of carbonyl (C=O) groups excluding carboxylic acids is 2. The fourth-order valence-electron chi connectivity index (χ4n) is 7.95. The van der Waals surface area contributed by atoms with E-state index in [9.17, 15) is 18.0 Å². The van der Waals surface area contributed by atoms with Crippen LogP contribution in [0.1, 0.15) is 69.2 Å². The lowest BCUT2D eigenvalue weighted by atomic mass is 9.49. The van der Waals surface area contributed by atoms with E-state index in [2.05, 4.69) is 13.8 Å². The molecule has 0 radical (unpaired) electrons. The normalized spacial score (nSPS) is 36.5. The van der Waals surface area contributed by atoms with Gasteiger partial charge in [0.2, 0.25) is 10.0 Å². The smallest absolute Gasteiger partial charge is 0.342 e. The van der Waals surface area contributed by atoms with E-state index in [1.54, 1.807) is 0 Å². The van der Waals surface area contributed by atoms with Crippen molar-refractivity contribution in [3.05, 3.63) is 35.4 Å². The highest BCUT2D eigenvalue weighted by atomic mass is 32.2. The van der Waals surface area contributed by atoms with Gasteiger partial charge in [-0.25, -0.2) is 18.4 Å². The van der Waals surface area contributed by atoms with Crippen molar-refractivity contribution < 1.29 is 27.5 Å². The summed E-state index contributed by atoms with van der Waals surface area (Å²) < 4.78 is 35.1. The Kier molecular flexibility index (Phi) is 6.11. The van der Waals surface area contributed by atoms with Gasteiger partial charge in [-0.1, -0.05) is 19.4 Å². The summed E-state index contributed by atoms with van der Waals surface area (Å²) in [5, 5.41) is 5.28. The molecule has 190 valence electrons. The summed E-state index contributed by atoms with van der Waals surface area (Å²) in [7, 11) is -2.53. The highest BCUT2D eigenvalue weighted by Gasteiger charge is 2.59. The van der Waals surface area contributed by atoms with Crippen LogP contribution in [0.4, 0.5) is 0 Å². The molecule has 35 heavy (non-hydrogen) atoms. The van der Waals surface area contributed by atoms with E-state index in [0.29, 0.717) is 36.0 Å². The zero-order valence-corrected chi connectivity index (χ0v) is 21.5. The van der Waals surface area contributed by atoms with Gasteiger partial charge in [-0.05, 0) is 92.4 Å². The first-order chi connectivity index (χ1) is 16.5. The van der Waals surface area contributed by atoms with Crippen LogP contribution in [0.15, 0.2) is 34.7 Å². The summed E-state index contributed by atoms with van der Waals surface area (Å²) in [4.78, 5) is 25.1. The first-order valence-electron chi connectivity index (χ1n) is 12.7. The van der Waals surface area contributed by atoms with Crippen molar-refractivity contribution in [3.8, 4) is 5.75 Å². The molecule has 0 spiro atoms. The minimum absolute atomic E-state index is 0.0763. The number of rotatable bonds is 4. The molecule has 0 amide bonds. The number of ketones is 1. The summed E-state index contributed by atoms with van der Waals surface area (Å²) in [6.45, 7) is 4.59. The molecule has 8 heteroatoms. The number of fused-ring (bicyclic) bond motifs is 5. The zero-order chi connectivity index (χ0) is 25.1. The number of benzene rings is 1. The van der Waals surface area contributed by atoms with Gasteiger partial charge in [0, 0.05) is 11.8 Å². The molecule has 0 bridgehead atoms. The van der Waals surface area contributed by atoms with Crippen molar-refractivity contribution in [2.75, 3.05) is 7.11 Å². The Morgan fingerprint density at radius 3 is 2.66 bits per heavy atom. The van der Waals surface area contributed by atoms with Crippen LogP contribution in [-0.2, 0) is 19.6 Å². The van der Waals surface area contributed by atoms with Crippen molar-refractivity contribution in [2.45, 2.75) is 69.8 Å². The molecule has 1 aromatic rings. The summed E-state index contributed by atoms with van der Waals surface area (Å²) in [6, 6.07) is 4.00. The van der Waals surface area contributed by atoms with Gasteiger partial charge in [0.25, 0.3) is 0 Å². The summed E-state index contributed by atoms with van der Waals surface area (Å²) in [5.74, 6) is 2.60. The second-order valence-electron chi connectivity index (χ2n) is 11.3. The number of sulfonamides is 1. The lowest BCUT2D eigenvalue weighted by Gasteiger charge is -2.55. The van der Waals surface area contributed by atoms with Crippen LogP contribution in [0.25, 0.3) is 0 Å². The number of carbonyl (C=O) groups is 2. The average molecular weight is 502 g/mol. The van der Waals surface area contributed by atoms with Crippen LogP contribution in [0.2, 0.25) is 0 Å².